The molecular weight excluding hydrogens is 201 g/mol. The van der Waals surface area contributed by atoms with Gasteiger partial charge in [0.2, 0.25) is 0 Å². The summed E-state index contributed by atoms with van der Waals surface area (Å²) in [6.07, 6.45) is 7.81. The molecule has 0 aromatic heterocycles. The van der Waals surface area contributed by atoms with Crippen LogP contribution in [0.4, 0.5) is 0 Å². The zero-order valence-corrected chi connectivity index (χ0v) is 11.6. The van der Waals surface area contributed by atoms with Gasteiger partial charge in [0.25, 0.3) is 0 Å². The zero-order valence-electron chi connectivity index (χ0n) is 10.4. The molecule has 2 nitrogen and oxygen atoms in total. The highest BCUT2D eigenvalue weighted by Gasteiger charge is 2.28. The summed E-state index contributed by atoms with van der Waals surface area (Å²) >= 11 is -0.890. The Morgan fingerprint density at radius 1 is 1.27 bits per heavy atom. The van der Waals surface area contributed by atoms with Gasteiger partial charge < -0.3 is 8.78 Å². The molecule has 0 aliphatic heterocycles. The zero-order chi connectivity index (χ0) is 11.1. The molecule has 0 spiro atoms. The van der Waals surface area contributed by atoms with E-state index >= 15 is 0 Å². The van der Waals surface area contributed by atoms with Crippen LogP contribution < -0.4 is 0 Å². The Morgan fingerprint density at radius 2 is 1.93 bits per heavy atom. The predicted octanol–water partition coefficient (Wildman–Crippen LogP) is 3.29. The Morgan fingerprint density at radius 3 is 2.53 bits per heavy atom. The minimum absolute atomic E-state index is 0.485. The molecule has 1 saturated carbocycles. The summed E-state index contributed by atoms with van der Waals surface area (Å²) in [5, 5.41) is 2.53. The van der Waals surface area contributed by atoms with Crippen molar-refractivity contribution < 1.29 is 3.79 Å². The quantitative estimate of drug-likeness (QED) is 0.519. The molecule has 0 aromatic carbocycles. The molecule has 3 heteroatoms. The minimum Gasteiger partial charge on any atom is -0.498 e. The van der Waals surface area contributed by atoms with Gasteiger partial charge in [-0.1, -0.05) is 37.3 Å². The SMILES string of the molecule is C[CH2][Al]([CH2]C)[O]C1CCCCC1C=NC. The molecule has 1 aliphatic rings. The fourth-order valence-electron chi connectivity index (χ4n) is 2.38. The monoisotopic (exact) mass is 225 g/mol. The van der Waals surface area contributed by atoms with Gasteiger partial charge in [-0.15, -0.1) is 0 Å². The predicted molar refractivity (Wildman–Crippen MR) is 68.0 cm³/mol. The van der Waals surface area contributed by atoms with Crippen molar-refractivity contribution in [3.8, 4) is 0 Å². The van der Waals surface area contributed by atoms with Crippen LogP contribution in [0.3, 0.4) is 0 Å². The van der Waals surface area contributed by atoms with Crippen LogP contribution in [0.5, 0.6) is 0 Å². The van der Waals surface area contributed by atoms with E-state index in [1.165, 1.54) is 36.2 Å². The second-order valence-corrected chi connectivity index (χ2v) is 7.62. The lowest BCUT2D eigenvalue weighted by molar-refractivity contribution is 0.125. The summed E-state index contributed by atoms with van der Waals surface area (Å²) in [6, 6.07) is 0. The number of hydrogen-bond acceptors (Lipinski definition) is 2. The Bertz CT molecular complexity index is 192. The minimum atomic E-state index is -0.890. The van der Waals surface area contributed by atoms with Crippen molar-refractivity contribution in [2.75, 3.05) is 7.05 Å². The van der Waals surface area contributed by atoms with Crippen LogP contribution in [0.15, 0.2) is 4.99 Å². The van der Waals surface area contributed by atoms with Gasteiger partial charge in [0.1, 0.15) is 0 Å². The van der Waals surface area contributed by atoms with Gasteiger partial charge in [0.05, 0.1) is 0 Å². The summed E-state index contributed by atoms with van der Waals surface area (Å²) in [5.74, 6) is 0.594. The Labute approximate surface area is 98.8 Å². The van der Waals surface area contributed by atoms with Crippen molar-refractivity contribution in [2.45, 2.75) is 56.2 Å². The van der Waals surface area contributed by atoms with Crippen LogP contribution in [-0.2, 0) is 3.79 Å². The largest absolute Gasteiger partial charge is 0.498 e. The molecular formula is C12H24AlNO. The van der Waals surface area contributed by atoms with Crippen LogP contribution in [0.2, 0.25) is 10.6 Å². The smallest absolute Gasteiger partial charge is 0.460 e. The second-order valence-electron chi connectivity index (χ2n) is 4.47. The average molecular weight is 225 g/mol. The molecule has 1 aliphatic carbocycles. The van der Waals surface area contributed by atoms with E-state index in [-0.39, 0.29) is 0 Å². The van der Waals surface area contributed by atoms with Crippen LogP contribution in [0.1, 0.15) is 39.5 Å². The third kappa shape index (κ3) is 4.27. The van der Waals surface area contributed by atoms with E-state index < -0.39 is 14.5 Å². The first-order valence-corrected chi connectivity index (χ1v) is 8.50. The van der Waals surface area contributed by atoms with Crippen molar-refractivity contribution in [1.29, 1.82) is 0 Å². The van der Waals surface area contributed by atoms with Crippen molar-refractivity contribution in [3.05, 3.63) is 0 Å². The number of aliphatic imine (C=N–C) groups is 1. The number of hydrogen-bond donors (Lipinski definition) is 0. The van der Waals surface area contributed by atoms with Crippen LogP contribution in [0.25, 0.3) is 0 Å². The average Bonchev–Trinajstić information content (AvgIpc) is 2.28. The standard InChI is InChI=1S/C8H14NO.2C2H5.Al/c1-9-6-7-4-2-3-5-8(7)10;2*1-2;/h6-8H,2-5H2,1H3;2*1H2,2H3;/q-1;;;+1. The molecule has 0 N–H and O–H groups in total. The van der Waals surface area contributed by atoms with Crippen LogP contribution in [-0.4, -0.2) is 33.8 Å². The molecule has 1 fully saturated rings. The first-order chi connectivity index (χ1) is 7.31. The van der Waals surface area contributed by atoms with Crippen LogP contribution >= 0.6 is 0 Å². The third-order valence-corrected chi connectivity index (χ3v) is 5.93. The highest BCUT2D eigenvalue weighted by atomic mass is 27.2. The lowest BCUT2D eigenvalue weighted by Gasteiger charge is -2.31. The topological polar surface area (TPSA) is 21.6 Å². The van der Waals surface area contributed by atoms with Gasteiger partial charge in [0, 0.05) is 25.3 Å². The van der Waals surface area contributed by atoms with Gasteiger partial charge in [-0.2, -0.15) is 0 Å². The normalized spacial score (nSPS) is 27.1. The lowest BCUT2D eigenvalue weighted by Crippen LogP contribution is -2.34. The van der Waals surface area contributed by atoms with Crippen molar-refractivity contribution in [2.24, 2.45) is 10.9 Å². The van der Waals surface area contributed by atoms with Crippen molar-refractivity contribution >= 4 is 20.7 Å². The van der Waals surface area contributed by atoms with E-state index in [2.05, 4.69) is 25.1 Å². The Hall–Kier alpha value is 0.162. The molecule has 2 atom stereocenters. The third-order valence-electron chi connectivity index (χ3n) is 3.37. The van der Waals surface area contributed by atoms with E-state index in [0.29, 0.717) is 12.0 Å². The van der Waals surface area contributed by atoms with Crippen molar-refractivity contribution in [1.82, 2.24) is 0 Å². The Kier molecular flexibility index (Phi) is 6.56. The second kappa shape index (κ2) is 7.44. The summed E-state index contributed by atoms with van der Waals surface area (Å²) in [7, 11) is 1.88. The van der Waals surface area contributed by atoms with Gasteiger partial charge in [-0.05, 0) is 12.8 Å². The molecule has 86 valence electrons. The summed E-state index contributed by atoms with van der Waals surface area (Å²) in [4.78, 5) is 4.18. The number of nitrogens with zero attached hydrogens (tertiary/aromatic N) is 1. The molecule has 0 aromatic rings. The summed E-state index contributed by atoms with van der Waals surface area (Å²) in [5.41, 5.74) is 0. The molecule has 1 rings (SSSR count). The van der Waals surface area contributed by atoms with E-state index in [1.54, 1.807) is 0 Å². The van der Waals surface area contributed by atoms with Gasteiger partial charge in [-0.25, -0.2) is 0 Å². The number of rotatable bonds is 5. The molecule has 2 unspecified atom stereocenters. The van der Waals surface area contributed by atoms with Crippen molar-refractivity contribution in [3.63, 3.8) is 0 Å². The highest BCUT2D eigenvalue weighted by molar-refractivity contribution is 6.51. The summed E-state index contributed by atoms with van der Waals surface area (Å²) in [6.45, 7) is 4.54. The van der Waals surface area contributed by atoms with Gasteiger partial charge in [-0.3, -0.25) is 0 Å². The maximum Gasteiger partial charge on any atom is 0.460 e. The fourth-order valence-corrected chi connectivity index (χ4v) is 4.18. The molecule has 0 heterocycles. The maximum atomic E-state index is 6.30. The molecule has 0 saturated heterocycles. The molecule has 0 radical (unpaired) electrons. The first kappa shape index (κ1) is 13.2. The molecule has 0 bridgehead atoms. The molecule has 15 heavy (non-hydrogen) atoms. The van der Waals surface area contributed by atoms with E-state index in [1.807, 2.05) is 7.05 Å². The van der Waals surface area contributed by atoms with Gasteiger partial charge in [0.15, 0.2) is 0 Å². The van der Waals surface area contributed by atoms with E-state index in [4.69, 9.17) is 3.79 Å². The first-order valence-electron chi connectivity index (χ1n) is 6.39. The highest BCUT2D eigenvalue weighted by Crippen LogP contribution is 2.27. The lowest BCUT2D eigenvalue weighted by atomic mass is 9.87. The fraction of sp³-hybridized carbons (Fsp3) is 0.917. The van der Waals surface area contributed by atoms with E-state index in [0.717, 1.165) is 0 Å². The Balaban J connectivity index is 2.48. The van der Waals surface area contributed by atoms with Gasteiger partial charge >= 0.3 is 14.5 Å². The molecule has 0 amide bonds. The summed E-state index contributed by atoms with van der Waals surface area (Å²) < 4.78 is 6.30. The van der Waals surface area contributed by atoms with Crippen LogP contribution in [0, 0.1) is 5.92 Å². The van der Waals surface area contributed by atoms with E-state index in [9.17, 15) is 0 Å². The maximum absolute atomic E-state index is 6.30.